The van der Waals surface area contributed by atoms with Gasteiger partial charge in [0.25, 0.3) is 6.10 Å². The van der Waals surface area contributed by atoms with Crippen molar-refractivity contribution < 1.29 is 87.3 Å². The van der Waals surface area contributed by atoms with Gasteiger partial charge in [0.1, 0.15) is 0 Å². The summed E-state index contributed by atoms with van der Waals surface area (Å²) in [4.78, 5) is 11.3. The molecule has 0 heterocycles. The molecule has 0 amide bonds. The van der Waals surface area contributed by atoms with Crippen LogP contribution in [0.25, 0.3) is 0 Å². The van der Waals surface area contributed by atoms with Crippen LogP contribution in [0.3, 0.4) is 0 Å². The first-order valence-corrected chi connectivity index (χ1v) is 5.31. The van der Waals surface area contributed by atoms with Crippen LogP contribution in [-0.4, -0.2) is 24.4 Å². The molecule has 9 heteroatoms. The Balaban J connectivity index is -0.00000162. The van der Waals surface area contributed by atoms with E-state index in [0.717, 1.165) is 6.92 Å². The van der Waals surface area contributed by atoms with E-state index in [2.05, 4.69) is 4.74 Å². The van der Waals surface area contributed by atoms with Crippen molar-refractivity contribution in [2.24, 2.45) is 5.41 Å². The van der Waals surface area contributed by atoms with Crippen LogP contribution >= 0.6 is 0 Å². The van der Waals surface area contributed by atoms with E-state index < -0.39 is 29.8 Å². The molecule has 0 rings (SSSR count). The number of rotatable bonds is 3. The van der Waals surface area contributed by atoms with Gasteiger partial charge in [0, 0.05) is 0 Å². The molecule has 0 aromatic heterocycles. The molecule has 122 valence electrons. The summed E-state index contributed by atoms with van der Waals surface area (Å²) in [5.41, 5.74) is -0.449. The molecule has 0 N–H and O–H groups in total. The summed E-state index contributed by atoms with van der Waals surface area (Å²) >= 11 is 0. The third kappa shape index (κ3) is 10.8. The monoisotopic (exact) mass is 347 g/mol. The van der Waals surface area contributed by atoms with Gasteiger partial charge in [-0.1, -0.05) is 26.2 Å². The first-order chi connectivity index (χ1) is 8.14. The van der Waals surface area contributed by atoms with Crippen LogP contribution in [-0.2, 0) is 9.53 Å². The first kappa shape index (κ1) is 26.5. The third-order valence-electron chi connectivity index (χ3n) is 1.96. The average molecular weight is 347 g/mol. The maximum absolute atomic E-state index is 12.2. The third-order valence-corrected chi connectivity index (χ3v) is 1.96. The Morgan fingerprint density at radius 2 is 1.38 bits per heavy atom. The molecule has 21 heavy (non-hydrogen) atoms. The van der Waals surface area contributed by atoms with Crippen LogP contribution in [0.4, 0.5) is 26.3 Å². The molecule has 0 saturated carbocycles. The normalized spacial score (nSPS) is 12.3. The number of esters is 1. The number of carbonyl (C=O) groups excluding carboxylic acids is 1. The van der Waals surface area contributed by atoms with Gasteiger partial charge in [0.15, 0.2) is 5.97 Å². The Kier molecular flexibility index (Phi) is 11.3. The molecule has 0 unspecified atom stereocenters. The summed E-state index contributed by atoms with van der Waals surface area (Å²) < 4.78 is 76.6. The Hall–Kier alpha value is 0.556. The van der Waals surface area contributed by atoms with Crippen molar-refractivity contribution in [2.45, 2.75) is 52.6 Å². The van der Waals surface area contributed by atoms with E-state index in [1.165, 1.54) is 0 Å². The van der Waals surface area contributed by atoms with E-state index in [9.17, 15) is 31.1 Å². The van der Waals surface area contributed by atoms with Crippen LogP contribution in [0.15, 0.2) is 0 Å². The zero-order chi connectivity index (χ0) is 15.6. The maximum Gasteiger partial charge on any atom is 1.00 e. The second-order valence-corrected chi connectivity index (χ2v) is 5.39. The summed E-state index contributed by atoms with van der Waals surface area (Å²) in [5.74, 6) is -1.78. The molecule has 0 spiro atoms. The van der Waals surface area contributed by atoms with Gasteiger partial charge in [-0.05, 0) is 0 Å². The molecule has 2 nitrogen and oxygen atoms in total. The van der Waals surface area contributed by atoms with Crippen LogP contribution in [0.2, 0.25) is 0 Å². The van der Waals surface area contributed by atoms with Crippen molar-refractivity contribution in [3.63, 3.8) is 0 Å². The van der Waals surface area contributed by atoms with Gasteiger partial charge in [-0.3, -0.25) is 10.7 Å². The van der Waals surface area contributed by atoms with E-state index in [1.54, 1.807) is 20.8 Å². The number of carbonyl (C=O) groups is 1. The SMILES string of the molecule is C[C-](CC(C)(C)C)C(=O)OC(C(F)(F)F)C(F)(F)F.[CH3-].[K+]. The molecule has 0 aliphatic heterocycles. The van der Waals surface area contributed by atoms with Crippen molar-refractivity contribution in [3.8, 4) is 0 Å². The topological polar surface area (TPSA) is 26.3 Å². The van der Waals surface area contributed by atoms with E-state index in [-0.39, 0.29) is 71.1 Å². The van der Waals surface area contributed by atoms with Crippen LogP contribution in [0.1, 0.15) is 34.1 Å². The predicted molar refractivity (Wildman–Crippen MR) is 61.4 cm³/mol. The minimum absolute atomic E-state index is 0. The standard InChI is InChI=1S/C11H15F6O2.CH3.K/c1-6(5-9(2,3)4)7(18)19-8(10(12,13)14)11(15,16)17;;/h8H,5H2,1-4H3;1H3;/q2*-1;+1. The smallest absolute Gasteiger partial charge is 0.466 e. The van der Waals surface area contributed by atoms with Crippen LogP contribution in [0.5, 0.6) is 0 Å². The number of hydrogen-bond acceptors (Lipinski definition) is 2. The molecular formula is C12H18F6KO2-. The van der Waals surface area contributed by atoms with Crippen LogP contribution < -0.4 is 51.4 Å². The Labute approximate surface area is 163 Å². The fourth-order valence-electron chi connectivity index (χ4n) is 1.39. The maximum atomic E-state index is 12.2. The number of ether oxygens (including phenoxy) is 1. The molecule has 0 bridgehead atoms. The average Bonchev–Trinajstić information content (AvgIpc) is 2.06. The number of hydrogen-bond donors (Lipinski definition) is 0. The molecular weight excluding hydrogens is 329 g/mol. The van der Waals surface area contributed by atoms with Crippen molar-refractivity contribution in [1.82, 2.24) is 0 Å². The summed E-state index contributed by atoms with van der Waals surface area (Å²) in [7, 11) is 0. The van der Waals surface area contributed by atoms with Gasteiger partial charge < -0.3 is 12.2 Å². The molecule has 0 aromatic carbocycles. The molecule has 0 atom stereocenters. The van der Waals surface area contributed by atoms with Crippen molar-refractivity contribution in [3.05, 3.63) is 13.3 Å². The van der Waals surface area contributed by atoms with Crippen molar-refractivity contribution in [1.29, 1.82) is 0 Å². The Morgan fingerprint density at radius 3 is 1.62 bits per heavy atom. The molecule has 0 radical (unpaired) electrons. The molecule has 0 aliphatic rings. The Morgan fingerprint density at radius 1 is 1.05 bits per heavy atom. The zero-order valence-corrected chi connectivity index (χ0v) is 16.0. The van der Waals surface area contributed by atoms with Gasteiger partial charge in [-0.25, -0.2) is 0 Å². The number of alkyl halides is 6. The van der Waals surface area contributed by atoms with E-state index in [4.69, 9.17) is 0 Å². The Bertz CT molecular complexity index is 305. The summed E-state index contributed by atoms with van der Waals surface area (Å²) in [6.07, 6.45) is -15.4. The minimum atomic E-state index is -5.68. The van der Waals surface area contributed by atoms with Gasteiger partial charge in [-0.2, -0.15) is 39.7 Å². The number of halogens is 6. The van der Waals surface area contributed by atoms with Gasteiger partial charge in [-0.15, -0.1) is 0 Å². The fourth-order valence-corrected chi connectivity index (χ4v) is 1.39. The van der Waals surface area contributed by atoms with Crippen molar-refractivity contribution >= 4 is 5.97 Å². The molecule has 0 saturated heterocycles. The summed E-state index contributed by atoms with van der Waals surface area (Å²) in [6.45, 7) is 6.22. The summed E-state index contributed by atoms with van der Waals surface area (Å²) in [5, 5.41) is 0. The molecule has 0 aliphatic carbocycles. The molecule has 0 fully saturated rings. The quantitative estimate of drug-likeness (QED) is 0.335. The minimum Gasteiger partial charge on any atom is -0.466 e. The van der Waals surface area contributed by atoms with E-state index in [1.807, 2.05) is 0 Å². The first-order valence-electron chi connectivity index (χ1n) is 5.31. The van der Waals surface area contributed by atoms with E-state index in [0.29, 0.717) is 0 Å². The fraction of sp³-hybridized carbons (Fsp3) is 0.750. The largest absolute Gasteiger partial charge is 1.00 e. The van der Waals surface area contributed by atoms with Gasteiger partial charge in [0.2, 0.25) is 0 Å². The molecule has 0 aromatic rings. The van der Waals surface area contributed by atoms with Gasteiger partial charge in [0.05, 0.1) is 0 Å². The van der Waals surface area contributed by atoms with E-state index >= 15 is 0 Å². The summed E-state index contributed by atoms with van der Waals surface area (Å²) in [6, 6.07) is 0. The zero-order valence-electron chi connectivity index (χ0n) is 12.9. The second-order valence-electron chi connectivity index (χ2n) is 5.39. The van der Waals surface area contributed by atoms with Crippen LogP contribution in [0, 0.1) is 18.8 Å². The van der Waals surface area contributed by atoms with Gasteiger partial charge >= 0.3 is 63.7 Å². The predicted octanol–water partition coefficient (Wildman–Crippen LogP) is 1.51. The second kappa shape index (κ2) is 9.00. The van der Waals surface area contributed by atoms with Crippen molar-refractivity contribution in [2.75, 3.05) is 0 Å².